The van der Waals surface area contributed by atoms with E-state index < -0.39 is 31.1 Å². The van der Waals surface area contributed by atoms with Crippen molar-refractivity contribution in [3.63, 3.8) is 0 Å². The highest BCUT2D eigenvalue weighted by Crippen LogP contribution is 2.53. The first-order valence-corrected chi connectivity index (χ1v) is 11.4. The van der Waals surface area contributed by atoms with Gasteiger partial charge in [-0.05, 0) is 48.2 Å². The highest BCUT2D eigenvalue weighted by atomic mass is 35.5. The Bertz CT molecular complexity index is 1230. The van der Waals surface area contributed by atoms with E-state index in [0.29, 0.717) is 23.5 Å². The highest BCUT2D eigenvalue weighted by molar-refractivity contribution is 6.28. The molecule has 0 amide bonds. The fraction of sp³-hybridized carbons (Fsp3) is 0.500. The van der Waals surface area contributed by atoms with Crippen molar-refractivity contribution < 1.29 is 24.4 Å². The van der Waals surface area contributed by atoms with E-state index in [9.17, 15) is 19.7 Å². The third-order valence-electron chi connectivity index (χ3n) is 7.26. The Hall–Kier alpha value is -2.37. The van der Waals surface area contributed by atoms with Crippen molar-refractivity contribution in [3.8, 4) is 0 Å². The number of nitrogens with zero attached hydrogens (tertiary/aromatic N) is 5. The molecule has 33 heavy (non-hydrogen) atoms. The Balaban J connectivity index is 1.47. The van der Waals surface area contributed by atoms with Crippen LogP contribution in [0.1, 0.15) is 37.5 Å². The van der Waals surface area contributed by atoms with Gasteiger partial charge in [0, 0.05) is 17.6 Å². The first-order valence-electron chi connectivity index (χ1n) is 11.0. The zero-order chi connectivity index (χ0) is 22.9. The molecule has 1 unspecified atom stereocenters. The van der Waals surface area contributed by atoms with E-state index in [1.807, 2.05) is 4.90 Å². The van der Waals surface area contributed by atoms with E-state index in [0.717, 1.165) is 36.9 Å². The molecule has 1 aromatic carbocycles. The molecule has 4 heterocycles. The van der Waals surface area contributed by atoms with E-state index in [-0.39, 0.29) is 16.5 Å². The SMILES string of the molecule is OC[C@H]1O[C@@H](n2cnc3c(N4CC5(CCCC5)c5cc(F)ccc54)nc(Cl)nc32)[C@@H](O)C1O. The van der Waals surface area contributed by atoms with Gasteiger partial charge >= 0.3 is 0 Å². The van der Waals surface area contributed by atoms with E-state index in [1.54, 1.807) is 12.1 Å². The number of ether oxygens (including phenoxy) is 1. The van der Waals surface area contributed by atoms with E-state index >= 15 is 0 Å². The molecule has 0 radical (unpaired) electrons. The Morgan fingerprint density at radius 1 is 1.18 bits per heavy atom. The van der Waals surface area contributed by atoms with Gasteiger partial charge in [0.15, 0.2) is 23.2 Å². The van der Waals surface area contributed by atoms with Gasteiger partial charge in [-0.15, -0.1) is 0 Å². The molecule has 4 atom stereocenters. The van der Waals surface area contributed by atoms with Crippen molar-refractivity contribution in [2.45, 2.75) is 55.6 Å². The van der Waals surface area contributed by atoms with Crippen LogP contribution in [0.5, 0.6) is 0 Å². The molecule has 3 N–H and O–H groups in total. The van der Waals surface area contributed by atoms with Gasteiger partial charge in [0.2, 0.25) is 5.28 Å². The molecule has 1 saturated heterocycles. The summed E-state index contributed by atoms with van der Waals surface area (Å²) in [5.74, 6) is 0.230. The number of benzene rings is 1. The lowest BCUT2D eigenvalue weighted by Gasteiger charge is -2.25. The standard InChI is InChI=1S/C22H23ClFN5O4/c23-21-26-18(28-9-22(5-1-2-6-22)12-7-11(24)3-4-13(12)28)15-19(27-21)29(10-25-15)20-17(32)16(31)14(8-30)33-20/h3-4,7,10,14,16-17,20,30-32H,1-2,5-6,8-9H2/t14-,16?,17+,20-/m1/s1. The van der Waals surface area contributed by atoms with Crippen LogP contribution in [0.25, 0.3) is 11.2 Å². The maximum Gasteiger partial charge on any atom is 0.226 e. The van der Waals surface area contributed by atoms with Crippen LogP contribution >= 0.6 is 11.6 Å². The highest BCUT2D eigenvalue weighted by Gasteiger charge is 2.47. The summed E-state index contributed by atoms with van der Waals surface area (Å²) < 4.78 is 21.3. The lowest BCUT2D eigenvalue weighted by atomic mass is 9.81. The Labute approximate surface area is 193 Å². The van der Waals surface area contributed by atoms with Crippen molar-refractivity contribution in [2.75, 3.05) is 18.1 Å². The van der Waals surface area contributed by atoms with Crippen LogP contribution in [0.4, 0.5) is 15.9 Å². The number of hydrogen-bond donors (Lipinski definition) is 3. The summed E-state index contributed by atoms with van der Waals surface area (Å²) in [5, 5.41) is 30.1. The maximum absolute atomic E-state index is 14.2. The molecule has 11 heteroatoms. The van der Waals surface area contributed by atoms with Crippen LogP contribution in [0.2, 0.25) is 5.28 Å². The van der Waals surface area contributed by atoms with Gasteiger partial charge in [0.05, 0.1) is 12.9 Å². The average molecular weight is 476 g/mol. The molecular weight excluding hydrogens is 453 g/mol. The number of anilines is 2. The van der Waals surface area contributed by atoms with Gasteiger partial charge in [-0.2, -0.15) is 9.97 Å². The van der Waals surface area contributed by atoms with Gasteiger partial charge < -0.3 is 25.0 Å². The van der Waals surface area contributed by atoms with Crippen LogP contribution in [0.15, 0.2) is 24.5 Å². The summed E-state index contributed by atoms with van der Waals surface area (Å²) in [6.45, 7) is 0.195. The third-order valence-corrected chi connectivity index (χ3v) is 7.43. The number of hydrogen-bond acceptors (Lipinski definition) is 8. The van der Waals surface area contributed by atoms with Crippen molar-refractivity contribution >= 4 is 34.3 Å². The molecule has 1 spiro atoms. The topological polar surface area (TPSA) is 117 Å². The average Bonchev–Trinajstić information content (AvgIpc) is 3.56. The fourth-order valence-electron chi connectivity index (χ4n) is 5.67. The number of aromatic nitrogens is 4. The summed E-state index contributed by atoms with van der Waals surface area (Å²) in [7, 11) is 0. The monoisotopic (exact) mass is 475 g/mol. The minimum absolute atomic E-state index is 0.0120. The van der Waals surface area contributed by atoms with E-state index in [4.69, 9.17) is 16.3 Å². The molecule has 2 fully saturated rings. The zero-order valence-electron chi connectivity index (χ0n) is 17.6. The van der Waals surface area contributed by atoms with Crippen LogP contribution in [0, 0.1) is 5.82 Å². The van der Waals surface area contributed by atoms with Gasteiger partial charge in [0.1, 0.15) is 24.1 Å². The minimum Gasteiger partial charge on any atom is -0.394 e. The molecular formula is C22H23ClFN5O4. The van der Waals surface area contributed by atoms with Crippen molar-refractivity contribution in [2.24, 2.45) is 0 Å². The number of halogens is 2. The molecule has 3 aliphatic rings. The molecule has 6 rings (SSSR count). The van der Waals surface area contributed by atoms with Gasteiger partial charge in [-0.1, -0.05) is 12.8 Å². The van der Waals surface area contributed by atoms with E-state index in [1.165, 1.54) is 17.0 Å². The summed E-state index contributed by atoms with van der Waals surface area (Å²) in [5.41, 5.74) is 2.48. The quantitative estimate of drug-likeness (QED) is 0.494. The number of aliphatic hydroxyl groups excluding tert-OH is 3. The normalized spacial score (nSPS) is 28.3. The lowest BCUT2D eigenvalue weighted by molar-refractivity contribution is -0.0511. The summed E-state index contributed by atoms with van der Waals surface area (Å²) in [4.78, 5) is 15.3. The van der Waals surface area contributed by atoms with Crippen molar-refractivity contribution in [1.82, 2.24) is 19.5 Å². The summed E-state index contributed by atoms with van der Waals surface area (Å²) >= 11 is 6.32. The second kappa shape index (κ2) is 7.57. The summed E-state index contributed by atoms with van der Waals surface area (Å²) in [6, 6.07) is 4.83. The summed E-state index contributed by atoms with van der Waals surface area (Å²) in [6.07, 6.45) is 1.10. The van der Waals surface area contributed by atoms with Crippen LogP contribution < -0.4 is 4.90 Å². The number of aliphatic hydroxyl groups is 3. The van der Waals surface area contributed by atoms with E-state index in [2.05, 4.69) is 15.0 Å². The molecule has 2 aliphatic heterocycles. The molecule has 1 saturated carbocycles. The van der Waals surface area contributed by atoms with Crippen LogP contribution in [-0.2, 0) is 10.2 Å². The number of imidazole rings is 1. The number of rotatable bonds is 3. The molecule has 174 valence electrons. The third kappa shape index (κ3) is 3.08. The first-order chi connectivity index (χ1) is 15.9. The Kier molecular flexibility index (Phi) is 4.86. The second-order valence-electron chi connectivity index (χ2n) is 9.10. The van der Waals surface area contributed by atoms with Crippen molar-refractivity contribution in [1.29, 1.82) is 0 Å². The lowest BCUT2D eigenvalue weighted by Crippen LogP contribution is -2.33. The molecule has 9 nitrogen and oxygen atoms in total. The molecule has 0 bridgehead atoms. The number of fused-ring (bicyclic) bond motifs is 3. The predicted octanol–water partition coefficient (Wildman–Crippen LogP) is 2.19. The Morgan fingerprint density at radius 3 is 2.70 bits per heavy atom. The minimum atomic E-state index is -1.28. The van der Waals surface area contributed by atoms with Gasteiger partial charge in [0.25, 0.3) is 0 Å². The molecule has 2 aromatic heterocycles. The molecule has 1 aliphatic carbocycles. The second-order valence-corrected chi connectivity index (χ2v) is 9.44. The van der Waals surface area contributed by atoms with Gasteiger partial charge in [-0.3, -0.25) is 4.57 Å². The first kappa shape index (κ1) is 21.2. The maximum atomic E-state index is 14.2. The van der Waals surface area contributed by atoms with Crippen LogP contribution in [-0.4, -0.2) is 66.3 Å². The van der Waals surface area contributed by atoms with Gasteiger partial charge in [-0.25, -0.2) is 9.37 Å². The van der Waals surface area contributed by atoms with Crippen molar-refractivity contribution in [3.05, 3.63) is 41.2 Å². The smallest absolute Gasteiger partial charge is 0.226 e. The largest absolute Gasteiger partial charge is 0.394 e. The zero-order valence-corrected chi connectivity index (χ0v) is 18.4. The predicted molar refractivity (Wildman–Crippen MR) is 117 cm³/mol. The fourth-order valence-corrected chi connectivity index (χ4v) is 5.83. The van der Waals surface area contributed by atoms with Crippen LogP contribution in [0.3, 0.4) is 0 Å². The Morgan fingerprint density at radius 2 is 1.97 bits per heavy atom. The molecule has 3 aromatic rings.